The van der Waals surface area contributed by atoms with Crippen LogP contribution in [-0.2, 0) is 7.05 Å². The van der Waals surface area contributed by atoms with Crippen LogP contribution in [0.1, 0.15) is 57.2 Å². The Kier molecular flexibility index (Phi) is 4.46. The molecule has 5 heteroatoms. The third-order valence-corrected chi connectivity index (χ3v) is 5.79. The molecule has 4 unspecified atom stereocenters. The molecule has 0 aliphatic heterocycles. The van der Waals surface area contributed by atoms with E-state index in [4.69, 9.17) is 0 Å². The lowest BCUT2D eigenvalue weighted by Gasteiger charge is -2.27. The largest absolute Gasteiger partial charge is 0.309 e. The Morgan fingerprint density at radius 2 is 2.25 bits per heavy atom. The number of rotatable bonds is 6. The molecule has 2 aliphatic rings. The van der Waals surface area contributed by atoms with Gasteiger partial charge >= 0.3 is 0 Å². The van der Waals surface area contributed by atoms with E-state index >= 15 is 0 Å². The van der Waals surface area contributed by atoms with Gasteiger partial charge in [-0.3, -0.25) is 0 Å². The summed E-state index contributed by atoms with van der Waals surface area (Å²) in [5, 5.41) is 12.0. The fraction of sp³-hybridized carbons (Fsp3) is 0.867. The van der Waals surface area contributed by atoms with E-state index in [-0.39, 0.29) is 0 Å². The molecule has 0 radical (unpaired) electrons. The first-order chi connectivity index (χ1) is 9.69. The molecule has 20 heavy (non-hydrogen) atoms. The summed E-state index contributed by atoms with van der Waals surface area (Å²) >= 11 is 3.57. The van der Waals surface area contributed by atoms with Crippen LogP contribution in [0.25, 0.3) is 0 Å². The average Bonchev–Trinajstić information content (AvgIpc) is 3.12. The van der Waals surface area contributed by atoms with Crippen molar-refractivity contribution in [2.24, 2.45) is 24.8 Å². The van der Waals surface area contributed by atoms with Crippen LogP contribution in [0.4, 0.5) is 0 Å². The van der Waals surface area contributed by atoms with Gasteiger partial charge in [0, 0.05) is 7.05 Å². The highest BCUT2D eigenvalue weighted by atomic mass is 79.9. The molecule has 4 nitrogen and oxygen atoms in total. The normalized spacial score (nSPS) is 30.1. The maximum atomic E-state index is 4.16. The molecule has 0 spiro atoms. The third kappa shape index (κ3) is 2.80. The van der Waals surface area contributed by atoms with Gasteiger partial charge < -0.3 is 5.32 Å². The van der Waals surface area contributed by atoms with Gasteiger partial charge in [0.1, 0.15) is 0 Å². The van der Waals surface area contributed by atoms with Crippen LogP contribution in [-0.4, -0.2) is 21.5 Å². The lowest BCUT2D eigenvalue weighted by atomic mass is 9.83. The zero-order valence-electron chi connectivity index (χ0n) is 12.5. The summed E-state index contributed by atoms with van der Waals surface area (Å²) in [4.78, 5) is 0. The zero-order valence-corrected chi connectivity index (χ0v) is 14.1. The molecule has 112 valence electrons. The predicted octanol–water partition coefficient (Wildman–Crippen LogP) is 3.44. The second-order valence-electron chi connectivity index (χ2n) is 6.57. The van der Waals surface area contributed by atoms with E-state index in [1.54, 1.807) is 0 Å². The van der Waals surface area contributed by atoms with Crippen LogP contribution in [0.3, 0.4) is 0 Å². The summed E-state index contributed by atoms with van der Waals surface area (Å²) < 4.78 is 2.82. The number of hydrogen-bond acceptors (Lipinski definition) is 3. The number of aryl methyl sites for hydroxylation is 1. The minimum atomic E-state index is 0.383. The minimum absolute atomic E-state index is 0.383. The van der Waals surface area contributed by atoms with Crippen LogP contribution in [0.15, 0.2) is 4.60 Å². The smallest absolute Gasteiger partial charge is 0.153 e. The van der Waals surface area contributed by atoms with Gasteiger partial charge in [-0.1, -0.05) is 18.6 Å². The van der Waals surface area contributed by atoms with Gasteiger partial charge in [-0.25, -0.2) is 4.68 Å². The van der Waals surface area contributed by atoms with E-state index in [1.165, 1.54) is 37.8 Å². The molecule has 2 bridgehead atoms. The molecule has 1 heterocycles. The summed E-state index contributed by atoms with van der Waals surface area (Å²) in [5.41, 5.74) is 1.21. The van der Waals surface area contributed by atoms with Gasteiger partial charge in [0.15, 0.2) is 4.60 Å². The van der Waals surface area contributed by atoms with Gasteiger partial charge in [-0.15, -0.1) is 5.10 Å². The second kappa shape index (κ2) is 6.14. The maximum Gasteiger partial charge on any atom is 0.153 e. The van der Waals surface area contributed by atoms with E-state index in [9.17, 15) is 0 Å². The molecule has 1 aromatic heterocycles. The zero-order chi connectivity index (χ0) is 14.1. The molecule has 1 aromatic rings. The van der Waals surface area contributed by atoms with Crippen LogP contribution >= 0.6 is 15.9 Å². The van der Waals surface area contributed by atoms with Crippen molar-refractivity contribution < 1.29 is 0 Å². The van der Waals surface area contributed by atoms with Crippen molar-refractivity contribution in [3.63, 3.8) is 0 Å². The highest BCUT2D eigenvalue weighted by molar-refractivity contribution is 9.10. The van der Waals surface area contributed by atoms with Gasteiger partial charge in [0.2, 0.25) is 0 Å². The van der Waals surface area contributed by atoms with Gasteiger partial charge in [-0.2, -0.15) is 0 Å². The second-order valence-corrected chi connectivity index (χ2v) is 7.32. The first kappa shape index (κ1) is 14.5. The number of nitrogens with one attached hydrogen (secondary N) is 1. The topological polar surface area (TPSA) is 42.7 Å². The maximum absolute atomic E-state index is 4.16. The van der Waals surface area contributed by atoms with E-state index < -0.39 is 0 Å². The van der Waals surface area contributed by atoms with Crippen LogP contribution in [0.5, 0.6) is 0 Å². The monoisotopic (exact) mass is 340 g/mol. The molecular weight excluding hydrogens is 316 g/mol. The van der Waals surface area contributed by atoms with Gasteiger partial charge in [-0.05, 0) is 72.3 Å². The SMILES string of the molecule is CCCNC(CC1CC2CCC1C2)c1c(Br)nnn1C. The van der Waals surface area contributed by atoms with E-state index in [0.29, 0.717) is 6.04 Å². The van der Waals surface area contributed by atoms with E-state index in [1.807, 2.05) is 11.7 Å². The van der Waals surface area contributed by atoms with Crippen molar-refractivity contribution in [3.8, 4) is 0 Å². The van der Waals surface area contributed by atoms with Crippen molar-refractivity contribution in [1.82, 2.24) is 20.3 Å². The van der Waals surface area contributed by atoms with Crippen molar-refractivity contribution in [2.45, 2.75) is 51.5 Å². The Bertz CT molecular complexity index is 439. The Labute approximate surface area is 129 Å². The highest BCUT2D eigenvalue weighted by Crippen LogP contribution is 2.51. The van der Waals surface area contributed by atoms with E-state index in [2.05, 4.69) is 38.5 Å². The summed E-state index contributed by atoms with van der Waals surface area (Å²) in [6.07, 6.45) is 8.26. The predicted molar refractivity (Wildman–Crippen MR) is 83.3 cm³/mol. The number of nitrogens with zero attached hydrogens (tertiary/aromatic N) is 3. The Morgan fingerprint density at radius 3 is 2.80 bits per heavy atom. The fourth-order valence-corrected chi connectivity index (χ4v) is 4.89. The fourth-order valence-electron chi connectivity index (χ4n) is 4.29. The molecule has 2 aliphatic carbocycles. The lowest BCUT2D eigenvalue weighted by molar-refractivity contribution is 0.274. The number of hydrogen-bond donors (Lipinski definition) is 1. The third-order valence-electron chi connectivity index (χ3n) is 5.22. The number of fused-ring (bicyclic) bond motifs is 2. The lowest BCUT2D eigenvalue weighted by Crippen LogP contribution is -2.28. The Balaban J connectivity index is 1.73. The minimum Gasteiger partial charge on any atom is -0.309 e. The highest BCUT2D eigenvalue weighted by Gasteiger charge is 2.40. The molecule has 2 saturated carbocycles. The molecular formula is C15H25BrN4. The molecule has 0 aromatic carbocycles. The molecule has 4 atom stereocenters. The van der Waals surface area contributed by atoms with Crippen LogP contribution in [0, 0.1) is 17.8 Å². The number of halogens is 1. The van der Waals surface area contributed by atoms with E-state index in [0.717, 1.165) is 35.3 Å². The van der Waals surface area contributed by atoms with Gasteiger partial charge in [0.25, 0.3) is 0 Å². The average molecular weight is 341 g/mol. The van der Waals surface area contributed by atoms with Crippen molar-refractivity contribution in [2.75, 3.05) is 6.54 Å². The number of aromatic nitrogens is 3. The molecule has 2 fully saturated rings. The Hall–Kier alpha value is -0.420. The van der Waals surface area contributed by atoms with Crippen LogP contribution < -0.4 is 5.32 Å². The van der Waals surface area contributed by atoms with Crippen LogP contribution in [0.2, 0.25) is 0 Å². The molecule has 1 N–H and O–H groups in total. The molecule has 0 amide bonds. The quantitative estimate of drug-likeness (QED) is 0.862. The standard InChI is InChI=1S/C15H25BrN4/c1-3-6-17-13(14-15(16)18-19-20(14)2)9-12-8-10-4-5-11(12)7-10/h10-13,17H,3-9H2,1-2H3. The first-order valence-electron chi connectivity index (χ1n) is 7.97. The summed E-state index contributed by atoms with van der Waals surface area (Å²) in [5.74, 6) is 2.89. The first-order valence-corrected chi connectivity index (χ1v) is 8.76. The molecule has 0 saturated heterocycles. The summed E-state index contributed by atoms with van der Waals surface area (Å²) in [6.45, 7) is 3.28. The van der Waals surface area contributed by atoms with Crippen molar-refractivity contribution in [1.29, 1.82) is 0 Å². The summed E-state index contributed by atoms with van der Waals surface area (Å²) in [6, 6.07) is 0.383. The van der Waals surface area contributed by atoms with Gasteiger partial charge in [0.05, 0.1) is 11.7 Å². The van der Waals surface area contributed by atoms with Crippen molar-refractivity contribution >= 4 is 15.9 Å². The Morgan fingerprint density at radius 1 is 1.40 bits per heavy atom. The molecule has 3 rings (SSSR count). The summed E-state index contributed by atoms with van der Waals surface area (Å²) in [7, 11) is 1.99. The van der Waals surface area contributed by atoms with Crippen molar-refractivity contribution in [3.05, 3.63) is 10.3 Å².